The van der Waals surface area contributed by atoms with Gasteiger partial charge in [-0.1, -0.05) is 12.1 Å². The summed E-state index contributed by atoms with van der Waals surface area (Å²) in [5.41, 5.74) is 3.68. The second-order valence-electron chi connectivity index (χ2n) is 6.92. The Bertz CT molecular complexity index is 773. The summed E-state index contributed by atoms with van der Waals surface area (Å²) in [5.74, 6) is 0.887. The van der Waals surface area contributed by atoms with Crippen molar-refractivity contribution in [2.75, 3.05) is 11.9 Å². The number of carbonyl (C=O) groups excluding carboxylic acids is 1. The molecule has 2 N–H and O–H groups in total. The number of aryl methyl sites for hydroxylation is 2. The van der Waals surface area contributed by atoms with Crippen molar-refractivity contribution < 1.29 is 9.90 Å². The van der Waals surface area contributed by atoms with Crippen LogP contribution >= 0.6 is 0 Å². The van der Waals surface area contributed by atoms with Crippen molar-refractivity contribution in [1.29, 1.82) is 0 Å². The molecule has 0 spiro atoms. The minimum Gasteiger partial charge on any atom is -0.508 e. The molecule has 1 aliphatic carbocycles. The molecule has 1 unspecified atom stereocenters. The first-order chi connectivity index (χ1) is 12.2. The number of carbonyl (C=O) groups is 1. The number of nitrogens with one attached hydrogen (secondary N) is 1. The highest BCUT2D eigenvalue weighted by atomic mass is 16.3. The van der Waals surface area contributed by atoms with Crippen LogP contribution in [0.4, 0.5) is 10.6 Å². The molecule has 0 radical (unpaired) electrons. The quantitative estimate of drug-likeness (QED) is 0.869. The molecule has 2 amide bonds. The first-order valence-electron chi connectivity index (χ1n) is 9.05. The summed E-state index contributed by atoms with van der Waals surface area (Å²) in [7, 11) is 0. The predicted octanol–water partition coefficient (Wildman–Crippen LogP) is 4.04. The molecule has 1 aromatic heterocycles. The maximum Gasteiger partial charge on any atom is 0.323 e. The number of phenols is 1. The zero-order valence-electron chi connectivity index (χ0n) is 14.2. The molecule has 1 saturated heterocycles. The third-order valence-electron chi connectivity index (χ3n) is 5.25. The van der Waals surface area contributed by atoms with Crippen LogP contribution in [0.15, 0.2) is 36.5 Å². The predicted molar refractivity (Wildman–Crippen MR) is 96.7 cm³/mol. The van der Waals surface area contributed by atoms with Gasteiger partial charge in [-0.3, -0.25) is 5.32 Å². The summed E-state index contributed by atoms with van der Waals surface area (Å²) in [6.45, 7) is 0.738. The van der Waals surface area contributed by atoms with Crippen LogP contribution < -0.4 is 5.32 Å². The summed E-state index contributed by atoms with van der Waals surface area (Å²) in [5, 5.41) is 12.4. The maximum atomic E-state index is 12.8. The fraction of sp³-hybridized carbons (Fsp3) is 0.400. The zero-order chi connectivity index (χ0) is 17.2. The molecule has 0 saturated carbocycles. The number of hydrogen-bond acceptors (Lipinski definition) is 3. The summed E-state index contributed by atoms with van der Waals surface area (Å²) >= 11 is 0. The molecular formula is C20H23N3O2. The largest absolute Gasteiger partial charge is 0.508 e. The highest BCUT2D eigenvalue weighted by Gasteiger charge is 2.30. The minimum atomic E-state index is -0.0983. The van der Waals surface area contributed by atoms with E-state index in [1.54, 1.807) is 12.1 Å². The Balaban J connectivity index is 1.49. The number of amides is 2. The van der Waals surface area contributed by atoms with Crippen LogP contribution in [-0.4, -0.2) is 27.6 Å². The Morgan fingerprint density at radius 2 is 1.88 bits per heavy atom. The number of benzene rings is 1. The van der Waals surface area contributed by atoms with Crippen molar-refractivity contribution in [3.8, 4) is 5.75 Å². The number of rotatable bonds is 2. The molecule has 1 fully saturated rings. The normalized spacial score (nSPS) is 19.5. The number of pyridine rings is 1. The van der Waals surface area contributed by atoms with Gasteiger partial charge in [-0.15, -0.1) is 0 Å². The van der Waals surface area contributed by atoms with Gasteiger partial charge in [0.15, 0.2) is 0 Å². The number of urea groups is 1. The number of phenolic OH excluding ortho intramolecular Hbond substituents is 1. The van der Waals surface area contributed by atoms with Crippen LogP contribution in [0.1, 0.15) is 48.4 Å². The van der Waals surface area contributed by atoms with E-state index in [1.807, 2.05) is 29.3 Å². The lowest BCUT2D eigenvalue weighted by Crippen LogP contribution is -2.34. The van der Waals surface area contributed by atoms with E-state index >= 15 is 0 Å². The van der Waals surface area contributed by atoms with Gasteiger partial charge in [0.05, 0.1) is 6.04 Å². The Kier molecular flexibility index (Phi) is 4.30. The van der Waals surface area contributed by atoms with Crippen molar-refractivity contribution in [2.45, 2.75) is 44.6 Å². The van der Waals surface area contributed by atoms with Gasteiger partial charge >= 0.3 is 6.03 Å². The fourth-order valence-corrected chi connectivity index (χ4v) is 3.92. The van der Waals surface area contributed by atoms with E-state index < -0.39 is 0 Å². The molecule has 0 bridgehead atoms. The molecule has 4 rings (SSSR count). The molecule has 130 valence electrons. The van der Waals surface area contributed by atoms with Gasteiger partial charge in [-0.05, 0) is 73.4 Å². The van der Waals surface area contributed by atoms with Gasteiger partial charge in [0.2, 0.25) is 0 Å². The van der Waals surface area contributed by atoms with Crippen LogP contribution in [-0.2, 0) is 12.8 Å². The van der Waals surface area contributed by atoms with Crippen LogP contribution in [0.3, 0.4) is 0 Å². The Morgan fingerprint density at radius 1 is 1.12 bits per heavy atom. The van der Waals surface area contributed by atoms with Gasteiger partial charge < -0.3 is 10.0 Å². The summed E-state index contributed by atoms with van der Waals surface area (Å²) in [4.78, 5) is 19.0. The van der Waals surface area contributed by atoms with Crippen molar-refractivity contribution in [2.24, 2.45) is 0 Å². The van der Waals surface area contributed by atoms with E-state index in [-0.39, 0.29) is 17.8 Å². The highest BCUT2D eigenvalue weighted by Crippen LogP contribution is 2.33. The number of anilines is 1. The molecular weight excluding hydrogens is 314 g/mol. The standard InChI is InChI=1S/C20H23N3O2/c24-17-9-7-14(8-10-17)18-6-3-11-23(18)20(25)22-19-12-15-4-1-2-5-16(15)13-21-19/h7-10,12-13,18,24H,1-6,11H2,(H,21,22,25). The molecule has 2 aromatic rings. The van der Waals surface area contributed by atoms with E-state index in [0.29, 0.717) is 5.82 Å². The first-order valence-corrected chi connectivity index (χ1v) is 9.05. The van der Waals surface area contributed by atoms with Crippen LogP contribution in [0, 0.1) is 0 Å². The third kappa shape index (κ3) is 3.31. The lowest BCUT2D eigenvalue weighted by Gasteiger charge is -2.25. The number of aromatic nitrogens is 1. The number of likely N-dealkylation sites (tertiary alicyclic amines) is 1. The molecule has 25 heavy (non-hydrogen) atoms. The Morgan fingerprint density at radius 3 is 2.68 bits per heavy atom. The fourth-order valence-electron chi connectivity index (χ4n) is 3.92. The van der Waals surface area contributed by atoms with E-state index in [9.17, 15) is 9.90 Å². The molecule has 5 nitrogen and oxygen atoms in total. The molecule has 2 heterocycles. The van der Waals surface area contributed by atoms with Crippen LogP contribution in [0.2, 0.25) is 0 Å². The summed E-state index contributed by atoms with van der Waals surface area (Å²) in [6.07, 6.45) is 8.42. The number of fused-ring (bicyclic) bond motifs is 1. The average Bonchev–Trinajstić information content (AvgIpc) is 3.12. The SMILES string of the molecule is O=C(Nc1cc2c(cn1)CCCC2)N1CCCC1c1ccc(O)cc1. The van der Waals surface area contributed by atoms with Crippen molar-refractivity contribution in [3.63, 3.8) is 0 Å². The first kappa shape index (κ1) is 15.9. The summed E-state index contributed by atoms with van der Waals surface area (Å²) < 4.78 is 0. The smallest absolute Gasteiger partial charge is 0.323 e. The van der Waals surface area contributed by atoms with E-state index in [1.165, 1.54) is 24.0 Å². The van der Waals surface area contributed by atoms with Crippen molar-refractivity contribution in [3.05, 3.63) is 53.2 Å². The highest BCUT2D eigenvalue weighted by molar-refractivity contribution is 5.89. The Labute approximate surface area is 147 Å². The van der Waals surface area contributed by atoms with Crippen molar-refractivity contribution in [1.82, 2.24) is 9.88 Å². The molecule has 1 aliphatic heterocycles. The molecule has 1 atom stereocenters. The number of hydrogen-bond donors (Lipinski definition) is 2. The van der Waals surface area contributed by atoms with Crippen LogP contribution in [0.5, 0.6) is 5.75 Å². The Hall–Kier alpha value is -2.56. The van der Waals surface area contributed by atoms with Gasteiger partial charge in [0.1, 0.15) is 11.6 Å². The zero-order valence-corrected chi connectivity index (χ0v) is 14.2. The van der Waals surface area contributed by atoms with Crippen LogP contribution in [0.25, 0.3) is 0 Å². The van der Waals surface area contributed by atoms with Gasteiger partial charge in [0.25, 0.3) is 0 Å². The van der Waals surface area contributed by atoms with Gasteiger partial charge in [-0.25, -0.2) is 9.78 Å². The summed E-state index contributed by atoms with van der Waals surface area (Å²) in [6, 6.07) is 9.12. The molecule has 5 heteroatoms. The average molecular weight is 337 g/mol. The van der Waals surface area contributed by atoms with E-state index in [4.69, 9.17) is 0 Å². The van der Waals surface area contributed by atoms with Gasteiger partial charge in [-0.2, -0.15) is 0 Å². The number of nitrogens with zero attached hydrogens (tertiary/aromatic N) is 2. The van der Waals surface area contributed by atoms with E-state index in [2.05, 4.69) is 10.3 Å². The lowest BCUT2D eigenvalue weighted by atomic mass is 9.93. The number of aromatic hydroxyl groups is 1. The minimum absolute atomic E-state index is 0.0539. The van der Waals surface area contributed by atoms with Gasteiger partial charge in [0, 0.05) is 12.7 Å². The molecule has 1 aromatic carbocycles. The third-order valence-corrected chi connectivity index (χ3v) is 5.25. The second kappa shape index (κ2) is 6.75. The monoisotopic (exact) mass is 337 g/mol. The lowest BCUT2D eigenvalue weighted by molar-refractivity contribution is 0.207. The maximum absolute atomic E-state index is 12.8. The van der Waals surface area contributed by atoms with Crippen molar-refractivity contribution >= 4 is 11.8 Å². The second-order valence-corrected chi connectivity index (χ2v) is 6.92. The topological polar surface area (TPSA) is 65.5 Å². The van der Waals surface area contributed by atoms with E-state index in [0.717, 1.165) is 37.8 Å². The molecule has 2 aliphatic rings.